The zero-order valence-corrected chi connectivity index (χ0v) is 11.6. The first-order valence-electron chi connectivity index (χ1n) is 6.21. The lowest BCUT2D eigenvalue weighted by molar-refractivity contribution is 0.432. The van der Waals surface area contributed by atoms with Gasteiger partial charge in [0.1, 0.15) is 0 Å². The minimum absolute atomic E-state index is 0.00190. The molecule has 0 aliphatic rings. The van der Waals surface area contributed by atoms with Gasteiger partial charge in [0.15, 0.2) is 11.6 Å². The number of anilines is 1. The van der Waals surface area contributed by atoms with Crippen LogP contribution in [0.3, 0.4) is 0 Å². The Kier molecular flexibility index (Phi) is 3.28. The lowest BCUT2D eigenvalue weighted by Crippen LogP contribution is -2.07. The lowest BCUT2D eigenvalue weighted by Gasteiger charge is -2.15. The van der Waals surface area contributed by atoms with Crippen molar-refractivity contribution in [3.63, 3.8) is 0 Å². The predicted molar refractivity (Wildman–Crippen MR) is 79.7 cm³/mol. The van der Waals surface area contributed by atoms with E-state index in [1.54, 1.807) is 17.4 Å². The standard InChI is InChI=1S/C15H13FN2OS/c1-9(18-11-2-3-14(19)12(16)7-11)10-6-15-13(17-8-10)4-5-20-15/h2-9,18-19H,1H3. The van der Waals surface area contributed by atoms with Crippen molar-refractivity contribution >= 4 is 27.2 Å². The molecule has 0 fully saturated rings. The van der Waals surface area contributed by atoms with Crippen molar-refractivity contribution in [2.75, 3.05) is 5.32 Å². The van der Waals surface area contributed by atoms with E-state index in [0.717, 1.165) is 15.8 Å². The molecule has 102 valence electrons. The molecule has 1 atom stereocenters. The van der Waals surface area contributed by atoms with Crippen molar-refractivity contribution in [2.45, 2.75) is 13.0 Å². The number of aromatic nitrogens is 1. The zero-order valence-electron chi connectivity index (χ0n) is 10.8. The molecule has 0 bridgehead atoms. The van der Waals surface area contributed by atoms with Gasteiger partial charge in [-0.2, -0.15) is 0 Å². The summed E-state index contributed by atoms with van der Waals surface area (Å²) in [6, 6.07) is 8.33. The van der Waals surface area contributed by atoms with Gasteiger partial charge in [0.25, 0.3) is 0 Å². The first-order valence-corrected chi connectivity index (χ1v) is 7.09. The van der Waals surface area contributed by atoms with Crippen LogP contribution in [-0.4, -0.2) is 10.1 Å². The Labute approximate surface area is 119 Å². The van der Waals surface area contributed by atoms with Gasteiger partial charge in [0.05, 0.1) is 16.3 Å². The Morgan fingerprint density at radius 1 is 1.30 bits per heavy atom. The summed E-state index contributed by atoms with van der Waals surface area (Å²) in [5, 5.41) is 14.4. The summed E-state index contributed by atoms with van der Waals surface area (Å²) < 4.78 is 14.4. The molecule has 2 heterocycles. The lowest BCUT2D eigenvalue weighted by atomic mass is 10.1. The molecular weight excluding hydrogens is 275 g/mol. The maximum absolute atomic E-state index is 13.3. The summed E-state index contributed by atoms with van der Waals surface area (Å²) in [5.41, 5.74) is 2.65. The first-order chi connectivity index (χ1) is 9.63. The van der Waals surface area contributed by atoms with Gasteiger partial charge in [-0.25, -0.2) is 4.39 Å². The summed E-state index contributed by atoms with van der Waals surface area (Å²) in [4.78, 5) is 4.39. The number of fused-ring (bicyclic) bond motifs is 1. The van der Waals surface area contributed by atoms with Crippen molar-refractivity contribution in [3.05, 3.63) is 53.3 Å². The highest BCUT2D eigenvalue weighted by atomic mass is 32.1. The van der Waals surface area contributed by atoms with Gasteiger partial charge in [-0.3, -0.25) is 4.98 Å². The van der Waals surface area contributed by atoms with E-state index in [1.807, 2.05) is 24.6 Å². The third kappa shape index (κ3) is 2.44. The number of nitrogens with one attached hydrogen (secondary N) is 1. The number of hydrogen-bond acceptors (Lipinski definition) is 4. The summed E-state index contributed by atoms with van der Waals surface area (Å²) >= 11 is 1.65. The molecule has 20 heavy (non-hydrogen) atoms. The minimum atomic E-state index is -0.631. The van der Waals surface area contributed by atoms with Gasteiger partial charge in [-0.15, -0.1) is 11.3 Å². The quantitative estimate of drug-likeness (QED) is 0.706. The topological polar surface area (TPSA) is 45.1 Å². The minimum Gasteiger partial charge on any atom is -0.505 e. The van der Waals surface area contributed by atoms with Crippen LogP contribution in [0.5, 0.6) is 5.75 Å². The van der Waals surface area contributed by atoms with E-state index in [9.17, 15) is 9.50 Å². The number of nitrogens with zero attached hydrogens (tertiary/aromatic N) is 1. The van der Waals surface area contributed by atoms with Crippen LogP contribution in [0.1, 0.15) is 18.5 Å². The fourth-order valence-corrected chi connectivity index (χ4v) is 2.82. The van der Waals surface area contributed by atoms with E-state index in [1.165, 1.54) is 12.1 Å². The Morgan fingerprint density at radius 3 is 2.95 bits per heavy atom. The van der Waals surface area contributed by atoms with Gasteiger partial charge in [0, 0.05) is 18.0 Å². The number of benzene rings is 1. The van der Waals surface area contributed by atoms with E-state index in [0.29, 0.717) is 5.69 Å². The average Bonchev–Trinajstić information content (AvgIpc) is 2.90. The number of thiophene rings is 1. The van der Waals surface area contributed by atoms with Crippen LogP contribution in [0.25, 0.3) is 10.2 Å². The van der Waals surface area contributed by atoms with E-state index < -0.39 is 5.82 Å². The molecule has 0 aliphatic heterocycles. The number of phenols is 1. The zero-order chi connectivity index (χ0) is 14.1. The fourth-order valence-electron chi connectivity index (χ4n) is 2.03. The summed E-state index contributed by atoms with van der Waals surface area (Å²) in [7, 11) is 0. The summed E-state index contributed by atoms with van der Waals surface area (Å²) in [5.74, 6) is -0.973. The van der Waals surface area contributed by atoms with Crippen LogP contribution in [0.2, 0.25) is 0 Å². The number of hydrogen-bond donors (Lipinski definition) is 2. The maximum atomic E-state index is 13.3. The highest BCUT2D eigenvalue weighted by Crippen LogP contribution is 2.26. The second-order valence-corrected chi connectivity index (χ2v) is 5.55. The van der Waals surface area contributed by atoms with Crippen LogP contribution < -0.4 is 5.32 Å². The molecule has 0 saturated carbocycles. The third-order valence-corrected chi connectivity index (χ3v) is 4.01. The van der Waals surface area contributed by atoms with Gasteiger partial charge >= 0.3 is 0 Å². The molecule has 2 aromatic heterocycles. The molecule has 0 radical (unpaired) electrons. The normalized spacial score (nSPS) is 12.5. The molecule has 3 aromatic rings. The molecule has 3 rings (SSSR count). The molecule has 0 aliphatic carbocycles. The Morgan fingerprint density at radius 2 is 2.15 bits per heavy atom. The van der Waals surface area contributed by atoms with Gasteiger partial charge in [-0.05, 0) is 42.1 Å². The summed E-state index contributed by atoms with van der Waals surface area (Å²) in [6.45, 7) is 1.99. The Hall–Kier alpha value is -2.14. The Balaban J connectivity index is 1.84. The van der Waals surface area contributed by atoms with Crippen molar-refractivity contribution in [3.8, 4) is 5.75 Å². The van der Waals surface area contributed by atoms with Crippen molar-refractivity contribution < 1.29 is 9.50 Å². The van der Waals surface area contributed by atoms with Crippen LogP contribution in [0, 0.1) is 5.82 Å². The van der Waals surface area contributed by atoms with Crippen molar-refractivity contribution in [1.82, 2.24) is 4.98 Å². The van der Waals surface area contributed by atoms with Crippen LogP contribution in [0.4, 0.5) is 10.1 Å². The van der Waals surface area contributed by atoms with Crippen molar-refractivity contribution in [2.24, 2.45) is 0 Å². The number of aromatic hydroxyl groups is 1. The van der Waals surface area contributed by atoms with Gasteiger partial charge < -0.3 is 10.4 Å². The number of phenolic OH excluding ortho intramolecular Hbond substituents is 1. The molecular formula is C15H13FN2OS. The maximum Gasteiger partial charge on any atom is 0.166 e. The highest BCUT2D eigenvalue weighted by Gasteiger charge is 2.09. The smallest absolute Gasteiger partial charge is 0.166 e. The molecule has 3 nitrogen and oxygen atoms in total. The third-order valence-electron chi connectivity index (χ3n) is 3.15. The Bertz CT molecular complexity index is 756. The van der Waals surface area contributed by atoms with Crippen LogP contribution in [0.15, 0.2) is 41.9 Å². The molecule has 1 unspecified atom stereocenters. The van der Waals surface area contributed by atoms with E-state index >= 15 is 0 Å². The van der Waals surface area contributed by atoms with Gasteiger partial charge in [-0.1, -0.05) is 0 Å². The number of rotatable bonds is 3. The monoisotopic (exact) mass is 288 g/mol. The second kappa shape index (κ2) is 5.09. The van der Waals surface area contributed by atoms with E-state index in [2.05, 4.69) is 16.4 Å². The fraction of sp³-hybridized carbons (Fsp3) is 0.133. The molecule has 1 aromatic carbocycles. The average molecular weight is 288 g/mol. The number of pyridine rings is 1. The van der Waals surface area contributed by atoms with E-state index in [-0.39, 0.29) is 11.8 Å². The first kappa shape index (κ1) is 12.9. The molecule has 5 heteroatoms. The largest absolute Gasteiger partial charge is 0.505 e. The van der Waals surface area contributed by atoms with Crippen molar-refractivity contribution in [1.29, 1.82) is 0 Å². The molecule has 0 saturated heterocycles. The van der Waals surface area contributed by atoms with Crippen LogP contribution in [-0.2, 0) is 0 Å². The molecule has 0 spiro atoms. The second-order valence-electron chi connectivity index (χ2n) is 4.60. The molecule has 2 N–H and O–H groups in total. The SMILES string of the molecule is CC(Nc1ccc(O)c(F)c1)c1cnc2ccsc2c1. The van der Waals surface area contributed by atoms with E-state index in [4.69, 9.17) is 0 Å². The predicted octanol–water partition coefficient (Wildman–Crippen LogP) is 4.31. The van der Waals surface area contributed by atoms with Gasteiger partial charge in [0.2, 0.25) is 0 Å². The highest BCUT2D eigenvalue weighted by molar-refractivity contribution is 7.17. The number of halogens is 1. The summed E-state index contributed by atoms with van der Waals surface area (Å²) in [6.07, 6.45) is 1.82. The van der Waals surface area contributed by atoms with Crippen LogP contribution >= 0.6 is 11.3 Å². The molecule has 0 amide bonds.